The quantitative estimate of drug-likeness (QED) is 0.230. The van der Waals surface area contributed by atoms with Crippen molar-refractivity contribution in [1.82, 2.24) is 4.90 Å². The van der Waals surface area contributed by atoms with Gasteiger partial charge in [-0.1, -0.05) is 36.6 Å². The first-order valence-electron chi connectivity index (χ1n) is 10.4. The molecule has 0 aromatic heterocycles. The van der Waals surface area contributed by atoms with E-state index in [0.717, 1.165) is 19.4 Å². The Hall–Kier alpha value is 0.575. The Morgan fingerprint density at radius 3 is 2.57 bits per heavy atom. The third-order valence-corrected chi connectivity index (χ3v) is 6.49. The Morgan fingerprint density at radius 2 is 1.93 bits per heavy atom. The van der Waals surface area contributed by atoms with Gasteiger partial charge in [0.25, 0.3) is 0 Å². The van der Waals surface area contributed by atoms with Crippen LogP contribution < -0.4 is 0 Å². The molecule has 0 spiro atoms. The van der Waals surface area contributed by atoms with Gasteiger partial charge in [0.05, 0.1) is 11.9 Å². The number of fused-ring (bicyclic) bond motifs is 1. The summed E-state index contributed by atoms with van der Waals surface area (Å²) in [7, 11) is 0. The SMILES string of the molecule is BrB(Br)Br.CCOC(=O)N1CC[C@@]23CCCC[C@@H]2[C@@H]1Cc1ccc(C)cc13.ClCCl. The van der Waals surface area contributed by atoms with Crippen LogP contribution >= 0.6 is 70.5 Å². The lowest BCUT2D eigenvalue weighted by Crippen LogP contribution is -2.62. The summed E-state index contributed by atoms with van der Waals surface area (Å²) in [6.07, 6.45) is 7.18. The molecule has 1 aliphatic heterocycles. The van der Waals surface area contributed by atoms with E-state index in [1.807, 2.05) is 11.8 Å². The second-order valence-corrected chi connectivity index (χ2v) is 15.2. The van der Waals surface area contributed by atoms with E-state index in [1.165, 1.54) is 36.8 Å². The number of halogens is 5. The number of ether oxygens (including phenoxy) is 1. The van der Waals surface area contributed by atoms with Crippen LogP contribution in [0.2, 0.25) is 0 Å². The van der Waals surface area contributed by atoms with E-state index in [4.69, 9.17) is 27.9 Å². The van der Waals surface area contributed by atoms with Crippen molar-refractivity contribution in [2.75, 3.05) is 18.5 Å². The maximum Gasteiger partial charge on any atom is 0.410 e. The van der Waals surface area contributed by atoms with Crippen LogP contribution in [-0.4, -0.2) is 38.7 Å². The van der Waals surface area contributed by atoms with Gasteiger partial charge in [0.2, 0.25) is 0 Å². The molecule has 0 N–H and O–H groups in total. The minimum atomic E-state index is -0.104. The van der Waals surface area contributed by atoms with Gasteiger partial charge in [0.15, 0.2) is 0 Å². The Balaban J connectivity index is 0.000000403. The monoisotopic (exact) mass is 645 g/mol. The van der Waals surface area contributed by atoms with Crippen molar-refractivity contribution in [1.29, 1.82) is 0 Å². The number of hydrogen-bond acceptors (Lipinski definition) is 2. The topological polar surface area (TPSA) is 29.5 Å². The second-order valence-electron chi connectivity index (χ2n) is 7.93. The highest BCUT2D eigenvalue weighted by atomic mass is 79.9. The third kappa shape index (κ3) is 6.33. The van der Waals surface area contributed by atoms with E-state index in [1.54, 1.807) is 5.56 Å². The summed E-state index contributed by atoms with van der Waals surface area (Å²) in [5.74, 6) is 0.615. The van der Waals surface area contributed by atoms with Crippen molar-refractivity contribution >= 4 is 79.8 Å². The van der Waals surface area contributed by atoms with Crippen molar-refractivity contribution in [3.8, 4) is 0 Å². The van der Waals surface area contributed by atoms with Gasteiger partial charge in [-0.15, -0.1) is 70.5 Å². The van der Waals surface area contributed by atoms with Crippen LogP contribution in [0.25, 0.3) is 0 Å². The van der Waals surface area contributed by atoms with Crippen LogP contribution in [0.3, 0.4) is 0 Å². The molecular formula is C21H29BBr3Cl2NO2. The normalized spacial score (nSPS) is 26.0. The first kappa shape index (κ1) is 26.8. The first-order valence-corrected chi connectivity index (χ1v) is 14.2. The number of likely N-dealkylation sites (tertiary alicyclic amines) is 1. The predicted octanol–water partition coefficient (Wildman–Crippen LogP) is 7.79. The Kier molecular flexibility index (Phi) is 11.4. The van der Waals surface area contributed by atoms with Gasteiger partial charge in [-0.25, -0.2) is 4.79 Å². The van der Waals surface area contributed by atoms with Crippen molar-refractivity contribution in [3.63, 3.8) is 0 Å². The molecule has 168 valence electrons. The maximum absolute atomic E-state index is 12.4. The standard InChI is InChI=1S/C20H27NO2.CH2Cl2.BBr3/c1-3-23-19(22)21-11-10-20-9-5-4-6-16(20)18(21)13-15-8-7-14(2)12-17(15)20;2-1-3;2-1(3)4/h7-8,12,16,18H,3-6,9-11,13H2,1-2H3;1H2;/t16-,18+,20+;;/m1../s1. The highest BCUT2D eigenvalue weighted by Gasteiger charge is 2.54. The van der Waals surface area contributed by atoms with Gasteiger partial charge in [-0.2, -0.15) is 0 Å². The van der Waals surface area contributed by atoms with Crippen LogP contribution in [0, 0.1) is 12.8 Å². The minimum absolute atomic E-state index is 0.104. The number of benzene rings is 1. The molecule has 1 saturated carbocycles. The number of nitrogens with zero attached hydrogens (tertiary/aromatic N) is 1. The number of aryl methyl sites for hydroxylation is 1. The fourth-order valence-electron chi connectivity index (χ4n) is 5.55. The van der Waals surface area contributed by atoms with Gasteiger partial charge in [-0.3, -0.25) is 0 Å². The fourth-order valence-corrected chi connectivity index (χ4v) is 5.55. The van der Waals surface area contributed by atoms with Crippen molar-refractivity contribution in [2.24, 2.45) is 5.92 Å². The first-order chi connectivity index (χ1) is 14.3. The zero-order valence-electron chi connectivity index (χ0n) is 17.5. The molecule has 2 aliphatic carbocycles. The molecule has 1 aromatic rings. The lowest BCUT2D eigenvalue weighted by atomic mass is 9.52. The number of carbonyl (C=O) groups is 1. The van der Waals surface area contributed by atoms with Gasteiger partial charge in [-0.05, 0) is 56.6 Å². The zero-order chi connectivity index (χ0) is 22.3. The van der Waals surface area contributed by atoms with Crippen LogP contribution in [0.1, 0.15) is 55.7 Å². The molecule has 2 fully saturated rings. The molecule has 1 aromatic carbocycles. The Labute approximate surface area is 215 Å². The molecule has 30 heavy (non-hydrogen) atoms. The largest absolute Gasteiger partial charge is 0.450 e. The molecule has 9 heteroatoms. The summed E-state index contributed by atoms with van der Waals surface area (Å²) in [4.78, 5) is 14.5. The van der Waals surface area contributed by atoms with E-state index < -0.39 is 0 Å². The molecule has 1 saturated heterocycles. The average molecular weight is 649 g/mol. The molecular weight excluding hydrogens is 620 g/mol. The molecule has 0 radical (unpaired) electrons. The number of amides is 1. The maximum atomic E-state index is 12.4. The van der Waals surface area contributed by atoms with E-state index in [-0.39, 0.29) is 14.6 Å². The highest BCUT2D eigenvalue weighted by Crippen LogP contribution is 2.55. The lowest BCUT2D eigenvalue weighted by Gasteiger charge is -2.58. The predicted molar refractivity (Wildman–Crippen MR) is 140 cm³/mol. The minimum Gasteiger partial charge on any atom is -0.450 e. The van der Waals surface area contributed by atoms with E-state index in [2.05, 4.69) is 72.4 Å². The summed E-state index contributed by atoms with van der Waals surface area (Å²) in [6, 6.07) is 7.30. The molecule has 3 nitrogen and oxygen atoms in total. The molecule has 0 unspecified atom stereocenters. The number of hydrogen-bond donors (Lipinski definition) is 0. The molecule has 1 heterocycles. The average Bonchev–Trinajstić information content (AvgIpc) is 2.69. The van der Waals surface area contributed by atoms with Gasteiger partial charge in [0.1, 0.15) is 0 Å². The summed E-state index contributed by atoms with van der Waals surface area (Å²) in [6.45, 7) is 5.42. The van der Waals surface area contributed by atoms with Crippen molar-refractivity contribution in [3.05, 3.63) is 34.9 Å². The summed E-state index contributed by atoms with van der Waals surface area (Å²) in [5, 5.41) is 0.194. The zero-order valence-corrected chi connectivity index (χ0v) is 23.8. The Morgan fingerprint density at radius 1 is 1.27 bits per heavy atom. The summed E-state index contributed by atoms with van der Waals surface area (Å²) < 4.78 is 5.62. The smallest absolute Gasteiger partial charge is 0.410 e. The number of carbonyl (C=O) groups excluding carboxylic acids is 1. The van der Waals surface area contributed by atoms with Crippen LogP contribution in [0.5, 0.6) is 0 Å². The number of alkyl halides is 2. The molecule has 1 amide bonds. The summed E-state index contributed by atoms with van der Waals surface area (Å²) in [5.41, 5.74) is 4.74. The highest BCUT2D eigenvalue weighted by molar-refractivity contribution is 9.69. The van der Waals surface area contributed by atoms with Crippen LogP contribution in [-0.2, 0) is 16.6 Å². The molecule has 4 rings (SSSR count). The molecule has 3 aliphatic rings. The van der Waals surface area contributed by atoms with E-state index in [0.29, 0.717) is 24.0 Å². The van der Waals surface area contributed by atoms with Crippen molar-refractivity contribution in [2.45, 2.75) is 63.8 Å². The second kappa shape index (κ2) is 12.7. The lowest BCUT2D eigenvalue weighted by molar-refractivity contribution is -0.0109. The fraction of sp³-hybridized carbons (Fsp3) is 0.667. The van der Waals surface area contributed by atoms with Gasteiger partial charge < -0.3 is 9.64 Å². The van der Waals surface area contributed by atoms with E-state index in [9.17, 15) is 4.79 Å². The van der Waals surface area contributed by atoms with Gasteiger partial charge in [0, 0.05) is 18.0 Å². The number of piperidine rings is 1. The van der Waals surface area contributed by atoms with Crippen LogP contribution in [0.15, 0.2) is 18.2 Å². The van der Waals surface area contributed by atoms with Crippen molar-refractivity contribution < 1.29 is 9.53 Å². The number of rotatable bonds is 1. The molecule has 3 atom stereocenters. The van der Waals surface area contributed by atoms with Gasteiger partial charge >= 0.3 is 9.28 Å². The summed E-state index contributed by atoms with van der Waals surface area (Å²) >= 11 is 18.8. The van der Waals surface area contributed by atoms with Crippen LogP contribution in [0.4, 0.5) is 4.79 Å². The van der Waals surface area contributed by atoms with E-state index >= 15 is 0 Å². The Bertz CT molecular complexity index is 710. The molecule has 2 bridgehead atoms. The third-order valence-electron chi connectivity index (χ3n) is 6.49.